The second-order valence-electron chi connectivity index (χ2n) is 25.4. The molecular weight excluding hydrogens is 965 g/mol. The quantitative estimate of drug-likeness (QED) is 0.130. The Balaban J connectivity index is 1.11. The van der Waals surface area contributed by atoms with Gasteiger partial charge in [-0.1, -0.05) is 291 Å². The number of para-hydroxylation sites is 2. The first-order chi connectivity index (χ1) is 38.2. The predicted molar refractivity (Wildman–Crippen MR) is 346 cm³/mol. The van der Waals surface area contributed by atoms with Gasteiger partial charge in [-0.25, -0.2) is 0 Å². The fraction of sp³-hybridized carbons (Fsp3) is 0.253. The molecule has 0 atom stereocenters. The van der Waals surface area contributed by atoms with E-state index in [9.17, 15) is 0 Å². The Morgan fingerprint density at radius 3 is 1.19 bits per heavy atom. The van der Waals surface area contributed by atoms with E-state index < -0.39 is 13.5 Å². The summed E-state index contributed by atoms with van der Waals surface area (Å²) in [4.78, 5) is 2.64. The van der Waals surface area contributed by atoms with Gasteiger partial charge in [0.05, 0.1) is 16.8 Å². The van der Waals surface area contributed by atoms with Gasteiger partial charge in [-0.3, -0.25) is 0 Å². The zero-order chi connectivity index (χ0) is 54.8. The minimum absolute atomic E-state index is 0.0144. The van der Waals surface area contributed by atoms with Gasteiger partial charge in [0.2, 0.25) is 13.4 Å². The highest BCUT2D eigenvalue weighted by molar-refractivity contribution is 7.17. The third-order valence-electron chi connectivity index (χ3n) is 19.0. The van der Waals surface area contributed by atoms with Crippen LogP contribution in [-0.2, 0) is 5.41 Å². The van der Waals surface area contributed by atoms with Crippen molar-refractivity contribution in [3.8, 4) is 0 Å². The molecule has 79 heavy (non-hydrogen) atoms. The van der Waals surface area contributed by atoms with Gasteiger partial charge in [0.15, 0.2) is 8.07 Å². The molecular formula is C75H75B2NSi. The molecule has 4 aliphatic heterocycles. The maximum absolute atomic E-state index is 2.66. The van der Waals surface area contributed by atoms with E-state index in [1.54, 1.807) is 0 Å². The first kappa shape index (κ1) is 51.3. The van der Waals surface area contributed by atoms with E-state index in [4.69, 9.17) is 0 Å². The highest BCUT2D eigenvalue weighted by Gasteiger charge is 2.57. The molecule has 0 unspecified atom stereocenters. The van der Waals surface area contributed by atoms with Crippen LogP contribution in [0.5, 0.6) is 0 Å². The van der Waals surface area contributed by atoms with Crippen LogP contribution in [-0.4, -0.2) is 21.5 Å². The van der Waals surface area contributed by atoms with Crippen LogP contribution in [0.25, 0.3) is 6.08 Å². The van der Waals surface area contributed by atoms with Gasteiger partial charge >= 0.3 is 0 Å². The van der Waals surface area contributed by atoms with Gasteiger partial charge in [0, 0.05) is 5.69 Å². The lowest BCUT2D eigenvalue weighted by Crippen LogP contribution is -2.76. The standard InChI is InChI=1S/C75H75B2NSi/c1-46(2)53-41-56(48(5)6)73(57(42-53)49(7)8)76-64-30-18-19-31-65(64)77(74-58(50(9)10)43-54(47(3)4)44-59(74)51(11)12)67-45-55(37-38-66(67)76)78-68-32-20-14-26-60(68)75(61-27-15-21-33-69(61)78)62-28-16-23-35-71(62)79(72-36-24-17-29-63(72)75)40-39-52-25-13-22-34-70(52)79/h13-51H,1-12H3. The monoisotopic (exact) mass is 1040 g/mol. The van der Waals surface area contributed by atoms with Crippen LogP contribution in [0.15, 0.2) is 194 Å². The Kier molecular flexibility index (Phi) is 12.5. The highest BCUT2D eigenvalue weighted by Crippen LogP contribution is 2.58. The van der Waals surface area contributed by atoms with E-state index in [0.717, 1.165) is 0 Å². The largest absolute Gasteiger partial charge is 0.310 e. The number of anilines is 3. The summed E-state index contributed by atoms with van der Waals surface area (Å²) in [5.41, 5.74) is 30.0. The summed E-state index contributed by atoms with van der Waals surface area (Å²) in [5.74, 6) is 2.23. The van der Waals surface area contributed by atoms with Crippen molar-refractivity contribution in [3.05, 3.63) is 255 Å². The molecule has 9 aromatic rings. The average Bonchev–Trinajstić information content (AvgIpc) is 2.78. The molecule has 13 rings (SSSR count). The summed E-state index contributed by atoms with van der Waals surface area (Å²) in [6.45, 7) is 28.9. The van der Waals surface area contributed by atoms with Crippen molar-refractivity contribution in [2.24, 2.45) is 0 Å². The third kappa shape index (κ3) is 7.49. The summed E-state index contributed by atoms with van der Waals surface area (Å²) < 4.78 is 0. The van der Waals surface area contributed by atoms with Crippen molar-refractivity contribution in [2.75, 3.05) is 4.90 Å². The molecule has 0 bridgehead atoms. The van der Waals surface area contributed by atoms with Crippen LogP contribution in [0.4, 0.5) is 17.1 Å². The second kappa shape index (κ2) is 19.3. The number of nitrogens with zero attached hydrogens (tertiary/aromatic N) is 1. The molecule has 0 aromatic heterocycles. The maximum Gasteiger partial charge on any atom is 0.240 e. The van der Waals surface area contributed by atoms with Crippen LogP contribution in [0.3, 0.4) is 0 Å². The maximum atomic E-state index is 2.66. The molecule has 0 saturated heterocycles. The summed E-state index contributed by atoms with van der Waals surface area (Å²) in [7, 11) is -2.60. The Bertz CT molecular complexity index is 3770. The first-order valence-corrected chi connectivity index (χ1v) is 31.8. The van der Waals surface area contributed by atoms with E-state index in [-0.39, 0.29) is 13.4 Å². The first-order valence-electron chi connectivity index (χ1n) is 29.7. The third-order valence-corrected chi connectivity index (χ3v) is 23.6. The number of fused-ring (bicyclic) bond motifs is 14. The highest BCUT2D eigenvalue weighted by atomic mass is 28.3. The molecule has 4 aliphatic rings. The number of benzene rings is 9. The molecule has 1 nitrogen and oxygen atoms in total. The van der Waals surface area contributed by atoms with Gasteiger partial charge in [0.1, 0.15) is 0 Å². The van der Waals surface area contributed by atoms with Gasteiger partial charge in [-0.2, -0.15) is 0 Å². The Morgan fingerprint density at radius 1 is 0.354 bits per heavy atom. The zero-order valence-corrected chi connectivity index (χ0v) is 49.6. The Morgan fingerprint density at radius 2 is 0.734 bits per heavy atom. The van der Waals surface area contributed by atoms with Crippen molar-refractivity contribution < 1.29 is 0 Å². The number of hydrogen-bond donors (Lipinski definition) is 0. The normalized spacial score (nSPS) is 15.1. The summed E-state index contributed by atoms with van der Waals surface area (Å²) in [6, 6.07) is 74.9. The predicted octanol–water partition coefficient (Wildman–Crippen LogP) is 13.3. The Labute approximate surface area is 474 Å². The van der Waals surface area contributed by atoms with Crippen LogP contribution >= 0.6 is 0 Å². The lowest BCUT2D eigenvalue weighted by atomic mass is 9.20. The minimum Gasteiger partial charge on any atom is -0.310 e. The SMILES string of the molecule is CC(C)c1cc(C(C)C)c(B2c3ccccc3B(c3c(C(C)C)cc(C(C)C)cc3C(C)C)c3cc(N4c5ccccc5C5(c6ccccc64)c4ccccc4[Si]4(C=Cc6ccccc64)c4ccccc45)ccc32)c(C(C)C)c1. The summed E-state index contributed by atoms with van der Waals surface area (Å²) in [5, 5.41) is 4.47. The zero-order valence-electron chi connectivity index (χ0n) is 48.6. The molecule has 0 radical (unpaired) electrons. The second-order valence-corrected chi connectivity index (χ2v) is 29.0. The van der Waals surface area contributed by atoms with Gasteiger partial charge in [0.25, 0.3) is 0 Å². The lowest BCUT2D eigenvalue weighted by molar-refractivity contribution is 0.736. The molecule has 0 fully saturated rings. The van der Waals surface area contributed by atoms with E-state index in [1.807, 2.05) is 0 Å². The van der Waals surface area contributed by atoms with Crippen molar-refractivity contribution >= 4 is 93.0 Å². The Hall–Kier alpha value is -7.13. The smallest absolute Gasteiger partial charge is 0.240 e. The van der Waals surface area contributed by atoms with Crippen molar-refractivity contribution in [1.29, 1.82) is 0 Å². The molecule has 390 valence electrons. The molecule has 0 aliphatic carbocycles. The molecule has 2 spiro atoms. The number of rotatable bonds is 9. The van der Waals surface area contributed by atoms with E-state index in [1.165, 1.54) is 127 Å². The van der Waals surface area contributed by atoms with Crippen molar-refractivity contribution in [2.45, 2.75) is 124 Å². The van der Waals surface area contributed by atoms with E-state index >= 15 is 0 Å². The molecule has 0 amide bonds. The topological polar surface area (TPSA) is 3.24 Å². The lowest BCUT2D eigenvalue weighted by Gasteiger charge is -2.52. The molecule has 4 heterocycles. The van der Waals surface area contributed by atoms with Crippen molar-refractivity contribution in [1.82, 2.24) is 0 Å². The van der Waals surface area contributed by atoms with Gasteiger partial charge < -0.3 is 4.90 Å². The van der Waals surface area contributed by atoms with Gasteiger partial charge in [-0.15, -0.1) is 0 Å². The van der Waals surface area contributed by atoms with Crippen LogP contribution < -0.4 is 53.2 Å². The average molecular weight is 1040 g/mol. The van der Waals surface area contributed by atoms with Gasteiger partial charge in [-0.05, 0) is 137 Å². The molecule has 0 N–H and O–H groups in total. The van der Waals surface area contributed by atoms with E-state index in [2.05, 4.69) is 288 Å². The molecule has 9 aromatic carbocycles. The van der Waals surface area contributed by atoms with Crippen LogP contribution in [0, 0.1) is 0 Å². The van der Waals surface area contributed by atoms with Crippen LogP contribution in [0.1, 0.15) is 180 Å². The summed E-state index contributed by atoms with van der Waals surface area (Å²) in [6.07, 6.45) is 2.42. The fourth-order valence-electron chi connectivity index (χ4n) is 15.4. The van der Waals surface area contributed by atoms with E-state index in [0.29, 0.717) is 35.5 Å². The summed E-state index contributed by atoms with van der Waals surface area (Å²) >= 11 is 0. The van der Waals surface area contributed by atoms with Crippen LogP contribution in [0.2, 0.25) is 0 Å². The minimum atomic E-state index is -2.60. The van der Waals surface area contributed by atoms with Crippen molar-refractivity contribution in [3.63, 3.8) is 0 Å². The molecule has 4 heteroatoms. The number of hydrogen-bond acceptors (Lipinski definition) is 1. The fourth-order valence-corrected chi connectivity index (χ4v) is 20.3. The molecule has 0 saturated carbocycles.